The maximum absolute atomic E-state index is 14.3. The minimum Gasteiger partial charge on any atom is -0.481 e. The molecule has 0 spiro atoms. The van der Waals surface area contributed by atoms with E-state index in [0.29, 0.717) is 22.8 Å². The number of pyridine rings is 1. The first kappa shape index (κ1) is 52.3. The molecule has 0 bridgehead atoms. The fourth-order valence-electron chi connectivity index (χ4n) is 4.68. The fourth-order valence-corrected chi connectivity index (χ4v) is 9.62. The molecule has 24 nitrogen and oxygen atoms in total. The van der Waals surface area contributed by atoms with Crippen LogP contribution in [0.1, 0.15) is 19.8 Å². The highest BCUT2D eigenvalue weighted by Gasteiger charge is 2.29. The molecular weight excluding hydrogens is 964 g/mol. The summed E-state index contributed by atoms with van der Waals surface area (Å²) in [4.78, 5) is 77.5. The number of anilines is 1. The Kier molecular flexibility index (Phi) is 19.6. The van der Waals surface area contributed by atoms with Crippen molar-refractivity contribution in [1.29, 1.82) is 0 Å². The summed E-state index contributed by atoms with van der Waals surface area (Å²) in [5.41, 5.74) is 0.0829. The van der Waals surface area contributed by atoms with Crippen LogP contribution < -0.4 is 34.5 Å². The second-order valence-electron chi connectivity index (χ2n) is 12.0. The number of nitrogens with zero attached hydrogens (tertiary/aromatic N) is 6. The maximum Gasteiger partial charge on any atom is 0.339 e. The number of hydrogen-bond donors (Lipinski definition) is 6. The smallest absolute Gasteiger partial charge is 0.339 e. The van der Waals surface area contributed by atoms with Crippen molar-refractivity contribution in [2.45, 2.75) is 47.7 Å². The number of nitrogens with one attached hydrogen (secondary N) is 3. The van der Waals surface area contributed by atoms with E-state index in [0.717, 1.165) is 54.3 Å². The lowest BCUT2D eigenvalue weighted by Crippen LogP contribution is -2.36. The van der Waals surface area contributed by atoms with E-state index in [-0.39, 0.29) is 44.8 Å². The van der Waals surface area contributed by atoms with E-state index in [1.165, 1.54) is 46.5 Å². The standard InChI is InChI=1S/C15H15ClFN3O3S2.C14H17N5O7S2.C3H8NO5P/c1-23-13(21)8-24-12-7-11(10(17)6-9(12)16)18-14-19-4-2-3-5-20(19)15(22)25-14;1-4-27(21,22)9-6-5-7-15-12(9)28(23,24)19-14(20)18-13-16-10(25-2)8-11(17-13)26-3;5-3(6)1-4-2-10(7,8)9/h6-7H,2-5,8H2,1H3;5-8H,4H2,1-3H3,(H2,16,17,18,19,20);4H,1-2H2,(H,5,6)(H2,7,8,9). The third-order valence-corrected chi connectivity index (χ3v) is 13.7. The summed E-state index contributed by atoms with van der Waals surface area (Å²) in [7, 11) is -8.65. The Morgan fingerprint density at radius 2 is 1.68 bits per heavy atom. The number of benzene rings is 1. The zero-order valence-electron chi connectivity index (χ0n) is 33.4. The lowest BCUT2D eigenvalue weighted by molar-refractivity contribution is -0.137. The largest absolute Gasteiger partial charge is 0.481 e. The molecule has 6 N–H and O–H groups in total. The van der Waals surface area contributed by atoms with Crippen LogP contribution in [-0.4, -0.2) is 120 Å². The van der Waals surface area contributed by atoms with Crippen molar-refractivity contribution in [1.82, 2.24) is 34.4 Å². The zero-order chi connectivity index (χ0) is 47.1. The Hall–Kier alpha value is -5.00. The normalized spacial score (nSPS) is 12.7. The highest BCUT2D eigenvalue weighted by Crippen LogP contribution is 2.33. The van der Waals surface area contributed by atoms with Crippen molar-refractivity contribution in [2.75, 3.05) is 51.0 Å². The van der Waals surface area contributed by atoms with E-state index in [2.05, 4.69) is 35.3 Å². The number of amides is 2. The quantitative estimate of drug-likeness (QED) is 0.0561. The van der Waals surface area contributed by atoms with Crippen LogP contribution in [0.3, 0.4) is 0 Å². The minimum atomic E-state index is -4.61. The lowest BCUT2D eigenvalue weighted by Gasteiger charge is -2.15. The van der Waals surface area contributed by atoms with E-state index in [1.54, 1.807) is 14.1 Å². The topological polar surface area (TPSA) is 339 Å². The number of urea groups is 1. The third kappa shape index (κ3) is 16.3. The Bertz CT molecular complexity index is 2670. The van der Waals surface area contributed by atoms with Crippen LogP contribution >= 0.6 is 42.3 Å². The number of fused-ring (bicyclic) bond motifs is 1. The van der Waals surface area contributed by atoms with Gasteiger partial charge in [0, 0.05) is 24.2 Å². The van der Waals surface area contributed by atoms with E-state index >= 15 is 0 Å². The fraction of sp³-hybridized carbons (Fsp3) is 0.375. The van der Waals surface area contributed by atoms with Gasteiger partial charge in [-0.3, -0.25) is 34.3 Å². The van der Waals surface area contributed by atoms with Crippen molar-refractivity contribution in [3.63, 3.8) is 0 Å². The number of aliphatic carboxylic acids is 1. The van der Waals surface area contributed by atoms with Crippen molar-refractivity contribution in [3.8, 4) is 11.8 Å². The number of carboxylic acid groups (broad SMARTS) is 1. The lowest BCUT2D eigenvalue weighted by atomic mass is 10.3. The van der Waals surface area contributed by atoms with E-state index < -0.39 is 74.0 Å². The number of sulfonamides is 1. The molecule has 5 rings (SSSR count). The molecule has 346 valence electrons. The number of ether oxygens (including phenoxy) is 3. The van der Waals surface area contributed by atoms with Gasteiger partial charge in [0.25, 0.3) is 10.0 Å². The minimum absolute atomic E-state index is 0.0605. The number of carbonyl (C=O) groups is 3. The third-order valence-electron chi connectivity index (χ3n) is 7.53. The highest BCUT2D eigenvalue weighted by atomic mass is 35.5. The molecule has 4 aromatic rings. The maximum atomic E-state index is 14.3. The average molecular weight is 1000 g/mol. The molecule has 1 aromatic carbocycles. The van der Waals surface area contributed by atoms with Gasteiger partial charge in [0.1, 0.15) is 16.4 Å². The first-order valence-corrected chi connectivity index (χ1v) is 24.6. The number of esters is 1. The van der Waals surface area contributed by atoms with Gasteiger partial charge >= 0.3 is 30.4 Å². The van der Waals surface area contributed by atoms with Crippen LogP contribution in [0.5, 0.6) is 11.8 Å². The Labute approximate surface area is 371 Å². The number of methoxy groups -OCH3 is 3. The molecule has 31 heteroatoms. The molecule has 0 saturated carbocycles. The number of sulfone groups is 1. The van der Waals surface area contributed by atoms with Gasteiger partial charge in [0.2, 0.25) is 22.5 Å². The summed E-state index contributed by atoms with van der Waals surface area (Å²) in [5.74, 6) is -2.59. The van der Waals surface area contributed by atoms with E-state index in [9.17, 15) is 45.0 Å². The summed E-state index contributed by atoms with van der Waals surface area (Å²) < 4.78 is 93.0. The van der Waals surface area contributed by atoms with Gasteiger partial charge in [-0.15, -0.1) is 11.8 Å². The van der Waals surface area contributed by atoms with Gasteiger partial charge < -0.3 is 29.1 Å². The number of hydrogen-bond acceptors (Lipinski definition) is 19. The predicted molar refractivity (Wildman–Crippen MR) is 224 cm³/mol. The molecule has 0 fully saturated rings. The van der Waals surface area contributed by atoms with Gasteiger partial charge in [-0.25, -0.2) is 37.0 Å². The Balaban J connectivity index is 0.000000278. The molecule has 3 aromatic heterocycles. The zero-order valence-corrected chi connectivity index (χ0v) is 38.3. The molecule has 0 atom stereocenters. The van der Waals surface area contributed by atoms with Gasteiger partial charge in [-0.2, -0.15) is 18.4 Å². The molecule has 2 amide bonds. The number of carboxylic acids is 1. The Morgan fingerprint density at radius 1 is 1.05 bits per heavy atom. The summed E-state index contributed by atoms with van der Waals surface area (Å²) in [6.45, 7) is 2.24. The summed E-state index contributed by atoms with van der Waals surface area (Å²) in [5, 5.41) is 11.6. The van der Waals surface area contributed by atoms with E-state index in [4.69, 9.17) is 36.0 Å². The Morgan fingerprint density at radius 3 is 2.25 bits per heavy atom. The monoisotopic (exact) mass is 1000 g/mol. The predicted octanol–water partition coefficient (Wildman–Crippen LogP) is 1.78. The number of aromatic nitrogens is 5. The van der Waals surface area contributed by atoms with Crippen LogP contribution in [0.4, 0.5) is 20.8 Å². The van der Waals surface area contributed by atoms with Gasteiger partial charge in [-0.05, 0) is 48.4 Å². The molecule has 1 aliphatic heterocycles. The molecule has 1 aliphatic rings. The molecule has 63 heavy (non-hydrogen) atoms. The first-order valence-electron chi connectivity index (χ1n) is 17.5. The van der Waals surface area contributed by atoms with Crippen molar-refractivity contribution in [3.05, 3.63) is 61.8 Å². The highest BCUT2D eigenvalue weighted by molar-refractivity contribution is 8.00. The van der Waals surface area contributed by atoms with Crippen LogP contribution in [0.2, 0.25) is 5.02 Å². The first-order chi connectivity index (χ1) is 29.5. The van der Waals surface area contributed by atoms with Crippen LogP contribution in [-0.2, 0) is 51.8 Å². The summed E-state index contributed by atoms with van der Waals surface area (Å²) >= 11 is 8.17. The summed E-state index contributed by atoms with van der Waals surface area (Å²) in [6, 6.07) is 5.12. The van der Waals surface area contributed by atoms with Gasteiger partial charge in [-0.1, -0.05) is 18.5 Å². The van der Waals surface area contributed by atoms with Crippen LogP contribution in [0.25, 0.3) is 0 Å². The number of carbonyl (C=O) groups excluding carboxylic acids is 2. The van der Waals surface area contributed by atoms with Crippen molar-refractivity contribution < 1.29 is 69.3 Å². The molecule has 0 unspecified atom stereocenters. The van der Waals surface area contributed by atoms with Gasteiger partial charge in [0.15, 0.2) is 14.9 Å². The average Bonchev–Trinajstić information content (AvgIpc) is 3.54. The van der Waals surface area contributed by atoms with Crippen LogP contribution in [0.15, 0.2) is 61.1 Å². The summed E-state index contributed by atoms with van der Waals surface area (Å²) in [6.07, 6.45) is 2.39. The molecule has 0 radical (unpaired) electrons. The van der Waals surface area contributed by atoms with E-state index in [1.807, 2.05) is 0 Å². The van der Waals surface area contributed by atoms with Gasteiger partial charge in [0.05, 0.1) is 56.8 Å². The molecule has 4 heterocycles. The molecule has 0 saturated heterocycles. The van der Waals surface area contributed by atoms with Crippen LogP contribution in [0, 0.1) is 5.82 Å². The number of thioether (sulfide) groups is 1. The number of rotatable bonds is 15. The van der Waals surface area contributed by atoms with Crippen molar-refractivity contribution in [2.24, 2.45) is 4.99 Å². The second-order valence-corrected chi connectivity index (χ2v) is 19.8. The molecule has 0 aliphatic carbocycles. The SMILES string of the molecule is CCS(=O)(=O)c1cccnc1S(=O)(=O)NC(=O)Nc1nc(OC)cc(OC)n1.COC(=O)CSc1cc(N=c2sc(=O)n3n2CCCC3)c(F)cc1Cl.O=C(O)CNCP(=O)(O)O. The number of halogens is 2. The van der Waals surface area contributed by atoms with Crippen molar-refractivity contribution >= 4 is 91.8 Å². The molecular formula is C32H40ClFN9O15PS4. The second kappa shape index (κ2) is 23.6.